The maximum Gasteiger partial charge on any atom is 0.471 e. The second kappa shape index (κ2) is 7.90. The van der Waals surface area contributed by atoms with Gasteiger partial charge in [0.15, 0.2) is 0 Å². The van der Waals surface area contributed by atoms with Gasteiger partial charge in [0.1, 0.15) is 17.2 Å². The van der Waals surface area contributed by atoms with Gasteiger partial charge < -0.3 is 15.2 Å². The molecule has 0 bridgehead atoms. The smallest absolute Gasteiger partial charge is 0.376 e. The Labute approximate surface area is 176 Å². The van der Waals surface area contributed by atoms with E-state index < -0.39 is 34.6 Å². The van der Waals surface area contributed by atoms with E-state index in [9.17, 15) is 27.2 Å². The molecule has 0 unspecified atom stereocenters. The van der Waals surface area contributed by atoms with Gasteiger partial charge in [-0.05, 0) is 17.7 Å². The number of rotatable bonds is 7. The highest BCUT2D eigenvalue weighted by Crippen LogP contribution is 2.30. The lowest BCUT2D eigenvalue weighted by Crippen LogP contribution is -2.37. The van der Waals surface area contributed by atoms with Gasteiger partial charge in [-0.15, -0.1) is 0 Å². The fraction of sp³-hybridized carbons (Fsp3) is 0.211. The summed E-state index contributed by atoms with van der Waals surface area (Å²) in [6.07, 6.45) is -1.48. The van der Waals surface area contributed by atoms with E-state index in [-0.39, 0.29) is 30.0 Å². The summed E-state index contributed by atoms with van der Waals surface area (Å²) < 4.78 is 57.8. The Hall–Kier alpha value is -4.03. The van der Waals surface area contributed by atoms with Crippen molar-refractivity contribution in [2.75, 3.05) is 10.6 Å². The van der Waals surface area contributed by atoms with Gasteiger partial charge in [-0.3, -0.25) is 14.3 Å². The van der Waals surface area contributed by atoms with Gasteiger partial charge in [-0.25, -0.2) is 4.39 Å². The number of aromatic nitrogens is 4. The monoisotopic (exact) mass is 450 g/mol. The van der Waals surface area contributed by atoms with E-state index in [1.54, 1.807) is 24.1 Å². The third kappa shape index (κ3) is 4.08. The molecule has 0 spiro atoms. The van der Waals surface area contributed by atoms with E-state index in [2.05, 4.69) is 30.4 Å². The molecule has 13 heteroatoms. The van der Waals surface area contributed by atoms with Crippen LogP contribution >= 0.6 is 0 Å². The molecule has 166 valence electrons. The number of benzene rings is 1. The highest BCUT2D eigenvalue weighted by molar-refractivity contribution is 5.74. The van der Waals surface area contributed by atoms with E-state index in [4.69, 9.17) is 0 Å². The molecule has 0 atom stereocenters. The molecule has 9 nitrogen and oxygen atoms in total. The Kier molecular flexibility index (Phi) is 5.24. The van der Waals surface area contributed by atoms with Crippen LogP contribution in [-0.2, 0) is 26.3 Å². The molecular weight excluding hydrogens is 436 g/mol. The fourth-order valence-electron chi connectivity index (χ4n) is 2.97. The van der Waals surface area contributed by atoms with E-state index >= 15 is 0 Å². The van der Waals surface area contributed by atoms with Crippen molar-refractivity contribution in [3.05, 3.63) is 73.9 Å². The molecule has 2 aromatic carbocycles. The number of hydrogen-bond donors (Lipinski definition) is 2. The molecule has 0 saturated heterocycles. The minimum atomic E-state index is -4.84. The zero-order valence-corrected chi connectivity index (χ0v) is 16.3. The molecule has 2 N–H and O–H groups in total. The zero-order chi connectivity index (χ0) is 23.0. The summed E-state index contributed by atoms with van der Waals surface area (Å²) in [5.74, 6) is -3.00. The summed E-state index contributed by atoms with van der Waals surface area (Å²) in [5, 5.41) is 12.8. The number of aryl methyl sites for hydroxylation is 1. The Bertz CT molecular complexity index is 1350. The van der Waals surface area contributed by atoms with Crippen LogP contribution in [0.5, 0.6) is 0 Å². The third-order valence-electron chi connectivity index (χ3n) is 4.55. The lowest BCUT2D eigenvalue weighted by molar-refractivity contribution is -0.159. The molecule has 0 aliphatic rings. The first-order valence-corrected chi connectivity index (χ1v) is 9.11. The summed E-state index contributed by atoms with van der Waals surface area (Å²) in [4.78, 5) is 26.9. The first-order chi connectivity index (χ1) is 15.1. The molecule has 2 heterocycles. The van der Waals surface area contributed by atoms with Crippen molar-refractivity contribution >= 4 is 11.4 Å². The van der Waals surface area contributed by atoms with Crippen LogP contribution in [0.1, 0.15) is 17.0 Å². The Morgan fingerprint density at radius 1 is 1.06 bits per heavy atom. The average molecular weight is 450 g/mol. The second-order valence-electron chi connectivity index (χ2n) is 6.87. The Morgan fingerprint density at radius 2 is 1.72 bits per heavy atom. The minimum absolute atomic E-state index is 0.0102. The summed E-state index contributed by atoms with van der Waals surface area (Å²) in [6.45, 7) is 0.269. The highest BCUT2D eigenvalue weighted by atomic mass is 19.4. The molecule has 2 aromatic heterocycles. The van der Waals surface area contributed by atoms with Crippen molar-refractivity contribution in [1.82, 2.24) is 19.9 Å². The second-order valence-corrected chi connectivity index (χ2v) is 6.87. The predicted molar refractivity (Wildman–Crippen MR) is 104 cm³/mol. The molecule has 0 radical (unpaired) electrons. The lowest BCUT2D eigenvalue weighted by atomic mass is 10.1. The Balaban J connectivity index is 1.44. The van der Waals surface area contributed by atoms with Crippen LogP contribution in [0.3, 0.4) is 0 Å². The minimum Gasteiger partial charge on any atom is -0.376 e. The van der Waals surface area contributed by atoms with Crippen LogP contribution in [0.4, 0.5) is 28.9 Å². The number of alkyl halides is 3. The quantitative estimate of drug-likeness (QED) is 0.326. The summed E-state index contributed by atoms with van der Waals surface area (Å²) in [5.41, 5.74) is -0.297. The number of hydrogen-bond acceptors (Lipinski definition) is 8. The van der Waals surface area contributed by atoms with Gasteiger partial charge in [0.05, 0.1) is 11.8 Å². The molecule has 0 amide bonds. The van der Waals surface area contributed by atoms with Crippen LogP contribution in [0.2, 0.25) is 0 Å². The topological polar surface area (TPSA) is 115 Å². The van der Waals surface area contributed by atoms with Crippen molar-refractivity contribution in [3.63, 3.8) is 0 Å². The summed E-state index contributed by atoms with van der Waals surface area (Å²) >= 11 is 0. The van der Waals surface area contributed by atoms with E-state index in [1.165, 1.54) is 12.1 Å². The van der Waals surface area contributed by atoms with E-state index in [1.807, 2.05) is 0 Å². The molecule has 0 aliphatic carbocycles. The van der Waals surface area contributed by atoms with Gasteiger partial charge in [0, 0.05) is 31.9 Å². The zero-order valence-electron chi connectivity index (χ0n) is 16.3. The van der Waals surface area contributed by atoms with Crippen LogP contribution in [0, 0.1) is 5.82 Å². The van der Waals surface area contributed by atoms with Gasteiger partial charge >= 0.3 is 12.1 Å². The van der Waals surface area contributed by atoms with E-state index in [0.29, 0.717) is 5.56 Å². The maximum atomic E-state index is 14.4. The Morgan fingerprint density at radius 3 is 2.25 bits per heavy atom. The normalized spacial score (nSPS) is 11.8. The third-order valence-corrected chi connectivity index (χ3v) is 4.55. The SMILES string of the molecule is Cn1cc(CNc2c(NCc3ccc(-c4noc(C(F)(F)F)n4)c(F)c3)c(=O)c2=O)cn1. The molecule has 0 fully saturated rings. The largest absolute Gasteiger partial charge is 0.471 e. The molecule has 4 aromatic rings. The molecule has 0 aliphatic heterocycles. The summed E-state index contributed by atoms with van der Waals surface area (Å²) in [7, 11) is 1.74. The lowest BCUT2D eigenvalue weighted by Gasteiger charge is -2.14. The highest BCUT2D eigenvalue weighted by Gasteiger charge is 2.38. The van der Waals surface area contributed by atoms with Gasteiger partial charge in [0.25, 0.3) is 10.9 Å². The fourth-order valence-corrected chi connectivity index (χ4v) is 2.97. The van der Waals surface area contributed by atoms with Crippen molar-refractivity contribution < 1.29 is 22.1 Å². The molecular formula is C19H14F4N6O3. The van der Waals surface area contributed by atoms with Crippen LogP contribution in [0.25, 0.3) is 11.4 Å². The number of nitrogens with zero attached hydrogens (tertiary/aromatic N) is 4. The average Bonchev–Trinajstić information content (AvgIpc) is 3.39. The molecule has 0 saturated carbocycles. The number of anilines is 2. The van der Waals surface area contributed by atoms with Crippen LogP contribution in [0.15, 0.2) is 44.7 Å². The predicted octanol–water partition coefficient (Wildman–Crippen LogP) is 2.45. The van der Waals surface area contributed by atoms with Gasteiger partial charge in [0.2, 0.25) is 5.82 Å². The number of nitrogens with one attached hydrogen (secondary N) is 2. The van der Waals surface area contributed by atoms with Gasteiger partial charge in [-0.2, -0.15) is 23.3 Å². The van der Waals surface area contributed by atoms with Crippen molar-refractivity contribution in [2.24, 2.45) is 7.05 Å². The van der Waals surface area contributed by atoms with Crippen molar-refractivity contribution in [3.8, 4) is 11.4 Å². The molecule has 4 rings (SSSR count). The standard InChI is InChI=1S/C19H14F4N6O3/c1-29-8-10(7-26-29)6-25-14-13(15(30)16(14)31)24-5-9-2-3-11(12(20)4-9)17-27-18(32-28-17)19(21,22)23/h2-4,7-8,24-25H,5-6H2,1H3. The first kappa shape index (κ1) is 21.2. The van der Waals surface area contributed by atoms with E-state index in [0.717, 1.165) is 11.6 Å². The first-order valence-electron chi connectivity index (χ1n) is 9.11. The summed E-state index contributed by atoms with van der Waals surface area (Å²) in [6, 6.07) is 3.67. The van der Waals surface area contributed by atoms with Gasteiger partial charge in [-0.1, -0.05) is 11.2 Å². The van der Waals surface area contributed by atoms with Crippen molar-refractivity contribution in [2.45, 2.75) is 19.3 Å². The van der Waals surface area contributed by atoms with Crippen molar-refractivity contribution in [1.29, 1.82) is 0 Å². The maximum absolute atomic E-state index is 14.4. The van der Waals surface area contributed by atoms with Crippen LogP contribution < -0.4 is 21.5 Å². The molecule has 32 heavy (non-hydrogen) atoms. The number of halogens is 4. The van der Waals surface area contributed by atoms with Crippen LogP contribution in [-0.4, -0.2) is 19.9 Å².